The first-order valence-electron chi connectivity index (χ1n) is 8.53. The monoisotopic (exact) mass is 392 g/mol. The number of anilines is 1. The van der Waals surface area contributed by atoms with Crippen molar-refractivity contribution in [2.75, 3.05) is 17.8 Å². The predicted octanol–water partition coefficient (Wildman–Crippen LogP) is 4.01. The number of rotatable bonds is 4. The first-order valence-corrected chi connectivity index (χ1v) is 10.4. The fraction of sp³-hybridized carbons (Fsp3) is 0.316. The topological polar surface area (TPSA) is 66.5 Å². The number of hydrogen-bond donors (Lipinski definition) is 1. The SMILES string of the molecule is CC1CCN(C(=O)c2cccc(S(=O)(=O)Nc3ccc(Cl)cc3)c2)CC1. The summed E-state index contributed by atoms with van der Waals surface area (Å²) in [6.45, 7) is 3.59. The molecular weight excluding hydrogens is 372 g/mol. The highest BCUT2D eigenvalue weighted by molar-refractivity contribution is 7.92. The second-order valence-corrected chi connectivity index (χ2v) is 8.73. The summed E-state index contributed by atoms with van der Waals surface area (Å²) < 4.78 is 27.7. The molecule has 1 aliphatic heterocycles. The van der Waals surface area contributed by atoms with E-state index in [1.807, 2.05) is 0 Å². The molecule has 1 amide bonds. The maximum absolute atomic E-state index is 12.7. The largest absolute Gasteiger partial charge is 0.339 e. The van der Waals surface area contributed by atoms with Crippen molar-refractivity contribution < 1.29 is 13.2 Å². The van der Waals surface area contributed by atoms with Crippen LogP contribution in [0, 0.1) is 5.92 Å². The summed E-state index contributed by atoms with van der Waals surface area (Å²) in [6.07, 6.45) is 1.95. The maximum Gasteiger partial charge on any atom is 0.261 e. The van der Waals surface area contributed by atoms with Crippen molar-refractivity contribution in [1.82, 2.24) is 4.90 Å². The Morgan fingerprint density at radius 3 is 2.42 bits per heavy atom. The number of hydrogen-bond acceptors (Lipinski definition) is 3. The number of amides is 1. The van der Waals surface area contributed by atoms with Gasteiger partial charge in [-0.3, -0.25) is 9.52 Å². The van der Waals surface area contributed by atoms with Crippen molar-refractivity contribution in [2.45, 2.75) is 24.7 Å². The van der Waals surface area contributed by atoms with E-state index in [1.54, 1.807) is 41.3 Å². The lowest BCUT2D eigenvalue weighted by molar-refractivity contribution is 0.0697. The minimum atomic E-state index is -3.79. The van der Waals surface area contributed by atoms with Gasteiger partial charge in [0.1, 0.15) is 0 Å². The first kappa shape index (κ1) is 18.7. The van der Waals surface area contributed by atoms with E-state index in [1.165, 1.54) is 12.1 Å². The van der Waals surface area contributed by atoms with Gasteiger partial charge < -0.3 is 4.90 Å². The van der Waals surface area contributed by atoms with Crippen LogP contribution in [0.2, 0.25) is 5.02 Å². The van der Waals surface area contributed by atoms with Gasteiger partial charge in [0.2, 0.25) is 0 Å². The molecule has 0 bridgehead atoms. The van der Waals surface area contributed by atoms with E-state index in [0.717, 1.165) is 12.8 Å². The van der Waals surface area contributed by atoms with Crippen LogP contribution in [0.5, 0.6) is 0 Å². The molecule has 2 aromatic carbocycles. The number of carbonyl (C=O) groups is 1. The molecule has 2 aromatic rings. The number of sulfonamides is 1. The second-order valence-electron chi connectivity index (χ2n) is 6.61. The van der Waals surface area contributed by atoms with Crippen molar-refractivity contribution in [3.05, 3.63) is 59.1 Å². The summed E-state index contributed by atoms with van der Waals surface area (Å²) in [7, 11) is -3.79. The second kappa shape index (κ2) is 7.68. The Kier molecular flexibility index (Phi) is 5.53. The van der Waals surface area contributed by atoms with Crippen LogP contribution in [-0.2, 0) is 10.0 Å². The molecule has 1 saturated heterocycles. The molecule has 7 heteroatoms. The highest BCUT2D eigenvalue weighted by Gasteiger charge is 2.23. The van der Waals surface area contributed by atoms with Crippen LogP contribution in [0.25, 0.3) is 0 Å². The minimum Gasteiger partial charge on any atom is -0.339 e. The van der Waals surface area contributed by atoms with Crippen molar-refractivity contribution in [3.63, 3.8) is 0 Å². The van der Waals surface area contributed by atoms with Crippen molar-refractivity contribution in [3.8, 4) is 0 Å². The smallest absolute Gasteiger partial charge is 0.261 e. The zero-order valence-corrected chi connectivity index (χ0v) is 16.1. The molecule has 1 fully saturated rings. The molecule has 26 heavy (non-hydrogen) atoms. The van der Waals surface area contributed by atoms with Gasteiger partial charge in [-0.25, -0.2) is 8.42 Å². The molecular formula is C19H21ClN2O3S. The summed E-state index contributed by atoms with van der Waals surface area (Å²) >= 11 is 5.82. The van der Waals surface area contributed by atoms with Crippen LogP contribution in [0.3, 0.4) is 0 Å². The molecule has 0 aliphatic carbocycles. The third kappa shape index (κ3) is 4.37. The number of benzene rings is 2. The summed E-state index contributed by atoms with van der Waals surface area (Å²) in [5, 5.41) is 0.524. The van der Waals surface area contributed by atoms with E-state index in [9.17, 15) is 13.2 Å². The molecule has 1 heterocycles. The fourth-order valence-corrected chi connectivity index (χ4v) is 4.15. The minimum absolute atomic E-state index is 0.0590. The molecule has 0 saturated carbocycles. The molecule has 0 aromatic heterocycles. The van der Waals surface area contributed by atoms with Crippen LogP contribution in [0.4, 0.5) is 5.69 Å². The molecule has 5 nitrogen and oxygen atoms in total. The normalized spacial score (nSPS) is 15.7. The lowest BCUT2D eigenvalue weighted by Gasteiger charge is -2.30. The van der Waals surface area contributed by atoms with E-state index >= 15 is 0 Å². The van der Waals surface area contributed by atoms with E-state index < -0.39 is 10.0 Å². The zero-order valence-electron chi connectivity index (χ0n) is 14.5. The van der Waals surface area contributed by atoms with E-state index in [0.29, 0.717) is 35.3 Å². The third-order valence-corrected chi connectivity index (χ3v) is 6.19. The highest BCUT2D eigenvalue weighted by Crippen LogP contribution is 2.22. The molecule has 1 aliphatic rings. The third-order valence-electron chi connectivity index (χ3n) is 4.56. The van der Waals surface area contributed by atoms with Crippen LogP contribution >= 0.6 is 11.6 Å². The summed E-state index contributed by atoms with van der Waals surface area (Å²) in [4.78, 5) is 14.5. The Balaban J connectivity index is 1.79. The van der Waals surface area contributed by atoms with Crippen LogP contribution in [-0.4, -0.2) is 32.3 Å². The molecule has 0 radical (unpaired) electrons. The Bertz CT molecular complexity index is 889. The van der Waals surface area contributed by atoms with E-state index in [-0.39, 0.29) is 10.8 Å². The zero-order chi connectivity index (χ0) is 18.7. The van der Waals surface area contributed by atoms with E-state index in [4.69, 9.17) is 11.6 Å². The number of likely N-dealkylation sites (tertiary alicyclic amines) is 1. The van der Waals surface area contributed by atoms with Gasteiger partial charge in [-0.2, -0.15) is 0 Å². The molecule has 1 N–H and O–H groups in total. The van der Waals surface area contributed by atoms with Gasteiger partial charge in [0, 0.05) is 29.4 Å². The van der Waals surface area contributed by atoms with Crippen molar-refractivity contribution in [2.24, 2.45) is 5.92 Å². The molecule has 138 valence electrons. The van der Waals surface area contributed by atoms with Gasteiger partial charge >= 0.3 is 0 Å². The summed E-state index contributed by atoms with van der Waals surface area (Å²) in [5.41, 5.74) is 0.801. The Morgan fingerprint density at radius 1 is 1.12 bits per heavy atom. The number of nitrogens with one attached hydrogen (secondary N) is 1. The Morgan fingerprint density at radius 2 is 1.77 bits per heavy atom. The van der Waals surface area contributed by atoms with Crippen LogP contribution in [0.1, 0.15) is 30.1 Å². The molecule has 3 rings (SSSR count). The average Bonchev–Trinajstić information content (AvgIpc) is 2.64. The number of carbonyl (C=O) groups excluding carboxylic acids is 1. The fourth-order valence-electron chi connectivity index (χ4n) is 2.92. The summed E-state index contributed by atoms with van der Waals surface area (Å²) in [6, 6.07) is 12.5. The van der Waals surface area contributed by atoms with Gasteiger partial charge in [0.25, 0.3) is 15.9 Å². The summed E-state index contributed by atoms with van der Waals surface area (Å²) in [5.74, 6) is 0.495. The number of nitrogens with zero attached hydrogens (tertiary/aromatic N) is 1. The Hall–Kier alpha value is -2.05. The molecule has 0 atom stereocenters. The highest BCUT2D eigenvalue weighted by atomic mass is 35.5. The number of piperidine rings is 1. The Labute approximate surface area is 159 Å². The van der Waals surface area contributed by atoms with Gasteiger partial charge in [-0.1, -0.05) is 24.6 Å². The van der Waals surface area contributed by atoms with E-state index in [2.05, 4.69) is 11.6 Å². The van der Waals surface area contributed by atoms with Gasteiger partial charge in [0.05, 0.1) is 4.90 Å². The van der Waals surface area contributed by atoms with Crippen LogP contribution < -0.4 is 4.72 Å². The lowest BCUT2D eigenvalue weighted by atomic mass is 9.98. The molecule has 0 unspecified atom stereocenters. The standard InChI is InChI=1S/C19H21ClN2O3S/c1-14-9-11-22(12-10-14)19(23)15-3-2-4-18(13-15)26(24,25)21-17-7-5-16(20)6-8-17/h2-8,13-14,21H,9-12H2,1H3. The number of halogens is 1. The van der Waals surface area contributed by atoms with Gasteiger partial charge in [-0.15, -0.1) is 0 Å². The van der Waals surface area contributed by atoms with Gasteiger partial charge in [-0.05, 0) is 61.2 Å². The quantitative estimate of drug-likeness (QED) is 0.854. The average molecular weight is 393 g/mol. The lowest BCUT2D eigenvalue weighted by Crippen LogP contribution is -2.37. The van der Waals surface area contributed by atoms with Gasteiger partial charge in [0.15, 0.2) is 0 Å². The molecule has 0 spiro atoms. The first-order chi connectivity index (χ1) is 12.3. The van der Waals surface area contributed by atoms with Crippen molar-refractivity contribution in [1.29, 1.82) is 0 Å². The van der Waals surface area contributed by atoms with Crippen molar-refractivity contribution >= 4 is 33.2 Å². The van der Waals surface area contributed by atoms with Crippen LogP contribution in [0.15, 0.2) is 53.4 Å². The maximum atomic E-state index is 12.7. The predicted molar refractivity (Wildman–Crippen MR) is 103 cm³/mol.